The first-order valence-electron chi connectivity index (χ1n) is 16.4. The lowest BCUT2D eigenvalue weighted by Gasteiger charge is -2.10. The van der Waals surface area contributed by atoms with Gasteiger partial charge in [0.2, 0.25) is 0 Å². The van der Waals surface area contributed by atoms with Gasteiger partial charge in [0.1, 0.15) is 0 Å². The lowest BCUT2D eigenvalue weighted by Crippen LogP contribution is -2.00. The first-order chi connectivity index (χ1) is 24.2. The predicted octanol–water partition coefficient (Wildman–Crippen LogP) is 12.2. The summed E-state index contributed by atoms with van der Waals surface area (Å²) < 4.78 is 2.64. The van der Waals surface area contributed by atoms with Gasteiger partial charge in [-0.2, -0.15) is 0 Å². The zero-order valence-corrected chi connectivity index (χ0v) is 27.3. The molecule has 49 heavy (non-hydrogen) atoms. The smallest absolute Gasteiger partial charge is 0.164 e. The molecule has 230 valence electrons. The van der Waals surface area contributed by atoms with Crippen LogP contribution in [0, 0.1) is 0 Å². The Morgan fingerprint density at radius 2 is 0.673 bits per heavy atom. The number of fused-ring (bicyclic) bond motifs is 3. The molecule has 0 atom stereocenters. The summed E-state index contributed by atoms with van der Waals surface area (Å²) in [6.07, 6.45) is 0. The zero-order chi connectivity index (χ0) is 32.6. The first-order valence-corrected chi connectivity index (χ1v) is 17.2. The van der Waals surface area contributed by atoms with Crippen LogP contribution in [0.15, 0.2) is 176 Å². The molecule has 0 amide bonds. The molecule has 4 heteroatoms. The second kappa shape index (κ2) is 12.4. The van der Waals surface area contributed by atoms with Crippen LogP contribution in [-0.4, -0.2) is 15.0 Å². The molecule has 2 aromatic heterocycles. The van der Waals surface area contributed by atoms with Crippen molar-refractivity contribution in [1.29, 1.82) is 0 Å². The molecule has 0 aliphatic heterocycles. The minimum Gasteiger partial charge on any atom is -0.208 e. The van der Waals surface area contributed by atoms with E-state index in [1.54, 1.807) is 0 Å². The van der Waals surface area contributed by atoms with Crippen molar-refractivity contribution in [2.24, 2.45) is 0 Å². The summed E-state index contributed by atoms with van der Waals surface area (Å²) in [5.41, 5.74) is 9.85. The maximum atomic E-state index is 5.01. The monoisotopic (exact) mass is 643 g/mol. The van der Waals surface area contributed by atoms with E-state index in [4.69, 9.17) is 15.0 Å². The summed E-state index contributed by atoms with van der Waals surface area (Å²) in [5, 5.41) is 2.64. The number of hydrogen-bond acceptors (Lipinski definition) is 4. The molecule has 0 aliphatic carbocycles. The van der Waals surface area contributed by atoms with E-state index in [1.165, 1.54) is 36.9 Å². The Balaban J connectivity index is 1.05. The van der Waals surface area contributed by atoms with Crippen molar-refractivity contribution in [2.45, 2.75) is 0 Å². The van der Waals surface area contributed by atoms with E-state index < -0.39 is 0 Å². The van der Waals surface area contributed by atoms with Gasteiger partial charge in [-0.25, -0.2) is 15.0 Å². The van der Waals surface area contributed by atoms with Crippen molar-refractivity contribution in [2.75, 3.05) is 0 Å². The fraction of sp³-hybridized carbons (Fsp3) is 0. The number of rotatable bonds is 6. The highest BCUT2D eigenvalue weighted by molar-refractivity contribution is 7.25. The van der Waals surface area contributed by atoms with Crippen molar-refractivity contribution in [3.63, 3.8) is 0 Å². The summed E-state index contributed by atoms with van der Waals surface area (Å²) in [6, 6.07) is 61.7. The third-order valence-electron chi connectivity index (χ3n) is 8.97. The Morgan fingerprint density at radius 3 is 1.35 bits per heavy atom. The Labute approximate surface area is 288 Å². The van der Waals surface area contributed by atoms with E-state index >= 15 is 0 Å². The molecule has 0 radical (unpaired) electrons. The number of hydrogen-bond donors (Lipinski definition) is 0. The third kappa shape index (κ3) is 5.69. The minimum atomic E-state index is 0.645. The van der Waals surface area contributed by atoms with Gasteiger partial charge in [0.25, 0.3) is 0 Å². The van der Waals surface area contributed by atoms with Crippen LogP contribution in [0.5, 0.6) is 0 Å². The van der Waals surface area contributed by atoms with Gasteiger partial charge in [0.15, 0.2) is 17.5 Å². The molecule has 2 heterocycles. The SMILES string of the molecule is c1ccc(-c2ccc(-c3nc(-c4ccccc4)nc(-c4cccc(-c5ccc(-c6ccc7c(c6)sc6ccccc67)cc5)c4)n3)cc2)cc1. The first kappa shape index (κ1) is 29.0. The molecule has 7 aromatic carbocycles. The topological polar surface area (TPSA) is 38.7 Å². The Kier molecular flexibility index (Phi) is 7.34. The normalized spacial score (nSPS) is 11.3. The average molecular weight is 644 g/mol. The van der Waals surface area contributed by atoms with Crippen LogP contribution in [0.3, 0.4) is 0 Å². The molecule has 9 aromatic rings. The summed E-state index contributed by atoms with van der Waals surface area (Å²) in [7, 11) is 0. The molecular weight excluding hydrogens is 615 g/mol. The fourth-order valence-electron chi connectivity index (χ4n) is 6.39. The second-order valence-electron chi connectivity index (χ2n) is 12.1. The Bertz CT molecular complexity index is 2570. The van der Waals surface area contributed by atoms with Crippen LogP contribution in [0.25, 0.3) is 87.7 Å². The van der Waals surface area contributed by atoms with Crippen molar-refractivity contribution in [3.8, 4) is 67.5 Å². The zero-order valence-electron chi connectivity index (χ0n) is 26.5. The maximum Gasteiger partial charge on any atom is 0.164 e. The average Bonchev–Trinajstić information content (AvgIpc) is 3.57. The molecule has 0 N–H and O–H groups in total. The Hall–Kier alpha value is -6.23. The van der Waals surface area contributed by atoms with Crippen molar-refractivity contribution in [3.05, 3.63) is 176 Å². The molecule has 0 aliphatic rings. The van der Waals surface area contributed by atoms with Crippen LogP contribution in [0.1, 0.15) is 0 Å². The van der Waals surface area contributed by atoms with Gasteiger partial charge in [-0.1, -0.05) is 158 Å². The minimum absolute atomic E-state index is 0.645. The highest BCUT2D eigenvalue weighted by atomic mass is 32.1. The molecule has 3 nitrogen and oxygen atoms in total. The molecule has 0 spiro atoms. The second-order valence-corrected chi connectivity index (χ2v) is 13.2. The van der Waals surface area contributed by atoms with Crippen molar-refractivity contribution in [1.82, 2.24) is 15.0 Å². The van der Waals surface area contributed by atoms with Gasteiger partial charge in [-0.05, 0) is 51.6 Å². The van der Waals surface area contributed by atoms with Gasteiger partial charge in [-0.15, -0.1) is 11.3 Å². The lowest BCUT2D eigenvalue weighted by molar-refractivity contribution is 1.07. The molecule has 0 bridgehead atoms. The highest BCUT2D eigenvalue weighted by Crippen LogP contribution is 2.37. The van der Waals surface area contributed by atoms with Gasteiger partial charge >= 0.3 is 0 Å². The molecule has 0 fully saturated rings. The lowest BCUT2D eigenvalue weighted by atomic mass is 9.98. The molecule has 9 rings (SSSR count). The third-order valence-corrected chi connectivity index (χ3v) is 10.1. The standard InChI is InChI=1S/C45H29N3S/c1-3-10-30(11-4-1)31-22-24-35(25-23-31)44-46-43(34-12-5-2-6-13-34)47-45(48-44)38-15-9-14-36(28-38)32-18-20-33(21-19-32)37-26-27-40-39-16-7-8-17-41(39)49-42(40)29-37/h1-29H. The molecule has 0 saturated carbocycles. The largest absolute Gasteiger partial charge is 0.208 e. The van der Waals surface area contributed by atoms with E-state index in [1.807, 2.05) is 47.7 Å². The van der Waals surface area contributed by atoms with E-state index in [9.17, 15) is 0 Å². The number of thiophene rings is 1. The van der Waals surface area contributed by atoms with Crippen molar-refractivity contribution < 1.29 is 0 Å². The van der Waals surface area contributed by atoms with Crippen LogP contribution in [0.2, 0.25) is 0 Å². The van der Waals surface area contributed by atoms with Gasteiger partial charge in [0, 0.05) is 36.9 Å². The summed E-state index contributed by atoms with van der Waals surface area (Å²) in [6.45, 7) is 0. The molecule has 0 saturated heterocycles. The number of benzene rings is 7. The van der Waals surface area contributed by atoms with Crippen molar-refractivity contribution >= 4 is 31.5 Å². The number of aromatic nitrogens is 3. The maximum absolute atomic E-state index is 5.01. The molecule has 0 unspecified atom stereocenters. The van der Waals surface area contributed by atoms with Crippen LogP contribution >= 0.6 is 11.3 Å². The quantitative estimate of drug-likeness (QED) is 0.181. The summed E-state index contributed by atoms with van der Waals surface area (Å²) in [5.74, 6) is 1.94. The van der Waals surface area contributed by atoms with Crippen LogP contribution in [-0.2, 0) is 0 Å². The van der Waals surface area contributed by atoms with Crippen LogP contribution in [0.4, 0.5) is 0 Å². The van der Waals surface area contributed by atoms with E-state index in [2.05, 4.69) is 140 Å². The predicted molar refractivity (Wildman–Crippen MR) is 205 cm³/mol. The van der Waals surface area contributed by atoms with E-state index in [0.717, 1.165) is 33.4 Å². The summed E-state index contributed by atoms with van der Waals surface area (Å²) in [4.78, 5) is 14.9. The Morgan fingerprint density at radius 1 is 0.265 bits per heavy atom. The molecular formula is C45H29N3S. The number of nitrogens with zero attached hydrogens (tertiary/aromatic N) is 3. The van der Waals surface area contributed by atoms with Gasteiger partial charge in [0.05, 0.1) is 0 Å². The van der Waals surface area contributed by atoms with Gasteiger partial charge in [-0.3, -0.25) is 0 Å². The van der Waals surface area contributed by atoms with E-state index in [-0.39, 0.29) is 0 Å². The van der Waals surface area contributed by atoms with E-state index in [0.29, 0.717) is 17.5 Å². The van der Waals surface area contributed by atoms with Gasteiger partial charge < -0.3 is 0 Å². The fourth-order valence-corrected chi connectivity index (χ4v) is 7.54. The summed E-state index contributed by atoms with van der Waals surface area (Å²) >= 11 is 1.85. The highest BCUT2D eigenvalue weighted by Gasteiger charge is 2.14. The van der Waals surface area contributed by atoms with Crippen LogP contribution < -0.4 is 0 Å².